The molecule has 0 aliphatic carbocycles. The Morgan fingerprint density at radius 2 is 2.11 bits per heavy atom. The number of rotatable bonds is 4. The molecule has 0 aliphatic rings. The SMILES string of the molecule is CCC[C@@H](C=O)N(C)C. The molecule has 0 aromatic carbocycles. The topological polar surface area (TPSA) is 20.3 Å². The van der Waals surface area contributed by atoms with Gasteiger partial charge in [-0.1, -0.05) is 13.3 Å². The van der Waals surface area contributed by atoms with E-state index in [9.17, 15) is 4.79 Å². The maximum Gasteiger partial charge on any atom is 0.137 e. The van der Waals surface area contributed by atoms with Gasteiger partial charge in [-0.2, -0.15) is 0 Å². The maximum atomic E-state index is 10.3. The fourth-order valence-electron chi connectivity index (χ4n) is 0.744. The van der Waals surface area contributed by atoms with Gasteiger partial charge in [-0.3, -0.25) is 0 Å². The zero-order valence-electron chi connectivity index (χ0n) is 6.42. The van der Waals surface area contributed by atoms with Gasteiger partial charge in [0.2, 0.25) is 0 Å². The molecule has 0 rings (SSSR count). The van der Waals surface area contributed by atoms with E-state index in [1.54, 1.807) is 0 Å². The second-order valence-corrected chi connectivity index (χ2v) is 2.46. The van der Waals surface area contributed by atoms with Crippen LogP contribution >= 0.6 is 0 Å². The Bertz CT molecular complexity index is 81.0. The van der Waals surface area contributed by atoms with Gasteiger partial charge >= 0.3 is 0 Å². The van der Waals surface area contributed by atoms with Crippen molar-refractivity contribution in [2.24, 2.45) is 0 Å². The molecule has 0 saturated carbocycles. The molecule has 0 heterocycles. The van der Waals surface area contributed by atoms with Crippen molar-refractivity contribution in [1.29, 1.82) is 0 Å². The Labute approximate surface area is 56.9 Å². The van der Waals surface area contributed by atoms with Crippen LogP contribution in [0.15, 0.2) is 0 Å². The zero-order chi connectivity index (χ0) is 7.28. The molecule has 0 unspecified atom stereocenters. The van der Waals surface area contributed by atoms with E-state index in [0.717, 1.165) is 19.1 Å². The summed E-state index contributed by atoms with van der Waals surface area (Å²) in [5.74, 6) is 0. The first-order chi connectivity index (χ1) is 4.22. The van der Waals surface area contributed by atoms with Crippen LogP contribution in [0.3, 0.4) is 0 Å². The van der Waals surface area contributed by atoms with E-state index in [1.807, 2.05) is 19.0 Å². The van der Waals surface area contributed by atoms with Crippen LogP contribution in [0.1, 0.15) is 19.8 Å². The summed E-state index contributed by atoms with van der Waals surface area (Å²) in [5, 5.41) is 0. The molecule has 0 radical (unpaired) electrons. The summed E-state index contributed by atoms with van der Waals surface area (Å²) in [4.78, 5) is 12.2. The van der Waals surface area contributed by atoms with Crippen LogP contribution in [0, 0.1) is 0 Å². The Morgan fingerprint density at radius 3 is 2.22 bits per heavy atom. The molecule has 0 aliphatic heterocycles. The van der Waals surface area contributed by atoms with Crippen molar-refractivity contribution in [3.05, 3.63) is 0 Å². The van der Waals surface area contributed by atoms with Gasteiger partial charge < -0.3 is 9.69 Å². The number of carbonyl (C=O) groups is 1. The molecule has 0 fully saturated rings. The minimum absolute atomic E-state index is 0.120. The van der Waals surface area contributed by atoms with Crippen LogP contribution in [0.5, 0.6) is 0 Å². The molecule has 2 nitrogen and oxygen atoms in total. The predicted octanol–water partition coefficient (Wildman–Crippen LogP) is 0.916. The van der Waals surface area contributed by atoms with Crippen LogP contribution < -0.4 is 0 Å². The van der Waals surface area contributed by atoms with Gasteiger partial charge in [-0.15, -0.1) is 0 Å². The minimum Gasteiger partial charge on any atom is -0.302 e. The highest BCUT2D eigenvalue weighted by molar-refractivity contribution is 5.57. The second kappa shape index (κ2) is 4.50. The third kappa shape index (κ3) is 3.25. The van der Waals surface area contributed by atoms with Gasteiger partial charge in [0.1, 0.15) is 6.29 Å². The van der Waals surface area contributed by atoms with Gasteiger partial charge in [-0.25, -0.2) is 0 Å². The van der Waals surface area contributed by atoms with E-state index in [-0.39, 0.29) is 6.04 Å². The number of likely N-dealkylation sites (N-methyl/N-ethyl adjacent to an activating group) is 1. The number of aldehydes is 1. The molecule has 0 spiro atoms. The largest absolute Gasteiger partial charge is 0.302 e. The summed E-state index contributed by atoms with van der Waals surface area (Å²) in [6, 6.07) is 0.120. The van der Waals surface area contributed by atoms with E-state index >= 15 is 0 Å². The molecule has 9 heavy (non-hydrogen) atoms. The summed E-state index contributed by atoms with van der Waals surface area (Å²) in [6.07, 6.45) is 3.04. The lowest BCUT2D eigenvalue weighted by atomic mass is 10.2. The van der Waals surface area contributed by atoms with Crippen molar-refractivity contribution in [3.63, 3.8) is 0 Å². The van der Waals surface area contributed by atoms with Crippen molar-refractivity contribution in [1.82, 2.24) is 4.90 Å². The van der Waals surface area contributed by atoms with E-state index in [1.165, 1.54) is 0 Å². The Hall–Kier alpha value is -0.370. The summed E-state index contributed by atoms with van der Waals surface area (Å²) >= 11 is 0. The first-order valence-electron chi connectivity index (χ1n) is 3.34. The number of hydrogen-bond donors (Lipinski definition) is 0. The third-order valence-electron chi connectivity index (χ3n) is 1.40. The molecular formula is C7H15NO. The van der Waals surface area contributed by atoms with Gasteiger partial charge in [0.25, 0.3) is 0 Å². The number of carbonyl (C=O) groups excluding carboxylic acids is 1. The Kier molecular flexibility index (Phi) is 4.32. The smallest absolute Gasteiger partial charge is 0.137 e. The monoisotopic (exact) mass is 129 g/mol. The normalized spacial score (nSPS) is 13.8. The first kappa shape index (κ1) is 8.63. The van der Waals surface area contributed by atoms with Crippen LogP contribution in [-0.4, -0.2) is 31.3 Å². The predicted molar refractivity (Wildman–Crippen MR) is 38.4 cm³/mol. The quantitative estimate of drug-likeness (QED) is 0.526. The molecule has 54 valence electrons. The highest BCUT2D eigenvalue weighted by Crippen LogP contribution is 1.98. The molecule has 2 heteroatoms. The van der Waals surface area contributed by atoms with Crippen LogP contribution in [0.2, 0.25) is 0 Å². The molecular weight excluding hydrogens is 114 g/mol. The van der Waals surface area contributed by atoms with E-state index < -0.39 is 0 Å². The van der Waals surface area contributed by atoms with Crippen LogP contribution in [-0.2, 0) is 4.79 Å². The minimum atomic E-state index is 0.120. The lowest BCUT2D eigenvalue weighted by molar-refractivity contribution is -0.111. The van der Waals surface area contributed by atoms with Crippen LogP contribution in [0.25, 0.3) is 0 Å². The Balaban J connectivity index is 3.54. The summed E-state index contributed by atoms with van der Waals surface area (Å²) < 4.78 is 0. The lowest BCUT2D eigenvalue weighted by Crippen LogP contribution is -2.28. The average Bonchev–Trinajstić information content (AvgIpc) is 1.82. The Morgan fingerprint density at radius 1 is 1.56 bits per heavy atom. The van der Waals surface area contributed by atoms with E-state index in [4.69, 9.17) is 0 Å². The number of hydrogen-bond acceptors (Lipinski definition) is 2. The molecule has 0 N–H and O–H groups in total. The standard InChI is InChI=1S/C7H15NO/c1-4-5-7(6-9)8(2)3/h6-7H,4-5H2,1-3H3/t7-/m0/s1. The van der Waals surface area contributed by atoms with Gasteiger partial charge in [-0.05, 0) is 20.5 Å². The average molecular weight is 129 g/mol. The maximum absolute atomic E-state index is 10.3. The first-order valence-corrected chi connectivity index (χ1v) is 3.34. The summed E-state index contributed by atoms with van der Waals surface area (Å²) in [7, 11) is 3.85. The molecule has 1 atom stereocenters. The van der Waals surface area contributed by atoms with Crippen molar-refractivity contribution < 1.29 is 4.79 Å². The van der Waals surface area contributed by atoms with Crippen molar-refractivity contribution >= 4 is 6.29 Å². The van der Waals surface area contributed by atoms with E-state index in [0.29, 0.717) is 0 Å². The van der Waals surface area contributed by atoms with Crippen molar-refractivity contribution in [3.8, 4) is 0 Å². The molecule has 0 aromatic heterocycles. The number of nitrogens with zero attached hydrogens (tertiary/aromatic N) is 1. The highest BCUT2D eigenvalue weighted by Gasteiger charge is 2.06. The summed E-state index contributed by atoms with van der Waals surface area (Å²) in [5.41, 5.74) is 0. The lowest BCUT2D eigenvalue weighted by Gasteiger charge is -2.16. The van der Waals surface area contributed by atoms with Crippen molar-refractivity contribution in [2.45, 2.75) is 25.8 Å². The van der Waals surface area contributed by atoms with Gasteiger partial charge in [0, 0.05) is 0 Å². The third-order valence-corrected chi connectivity index (χ3v) is 1.40. The highest BCUT2D eigenvalue weighted by atomic mass is 16.1. The molecule has 0 saturated heterocycles. The van der Waals surface area contributed by atoms with E-state index in [2.05, 4.69) is 6.92 Å². The van der Waals surface area contributed by atoms with Gasteiger partial charge in [0.05, 0.1) is 6.04 Å². The molecule has 0 bridgehead atoms. The second-order valence-electron chi connectivity index (χ2n) is 2.46. The molecule has 0 amide bonds. The van der Waals surface area contributed by atoms with Crippen molar-refractivity contribution in [2.75, 3.05) is 14.1 Å². The fourth-order valence-corrected chi connectivity index (χ4v) is 0.744. The molecule has 0 aromatic rings. The zero-order valence-corrected chi connectivity index (χ0v) is 6.42. The van der Waals surface area contributed by atoms with Crippen LogP contribution in [0.4, 0.5) is 0 Å². The van der Waals surface area contributed by atoms with Gasteiger partial charge in [0.15, 0.2) is 0 Å². The fraction of sp³-hybridized carbons (Fsp3) is 0.857. The summed E-state index contributed by atoms with van der Waals surface area (Å²) in [6.45, 7) is 2.08.